The number of carboxylic acid groups (broad SMARTS) is 1. The van der Waals surface area contributed by atoms with Crippen molar-refractivity contribution in [2.75, 3.05) is 36.5 Å². The number of nitrogens with one attached hydrogen (secondary N) is 1. The molecule has 0 aliphatic carbocycles. The van der Waals surface area contributed by atoms with Crippen molar-refractivity contribution in [3.63, 3.8) is 0 Å². The summed E-state index contributed by atoms with van der Waals surface area (Å²) < 4.78 is 10.3. The quantitative estimate of drug-likeness (QED) is 0.543. The molecule has 2 aliphatic rings. The van der Waals surface area contributed by atoms with Gasteiger partial charge in [0.2, 0.25) is 0 Å². The summed E-state index contributed by atoms with van der Waals surface area (Å²) in [6.07, 6.45) is -0.597. The predicted molar refractivity (Wildman–Crippen MR) is 113 cm³/mol. The van der Waals surface area contributed by atoms with Gasteiger partial charge in [-0.15, -0.1) is 0 Å². The van der Waals surface area contributed by atoms with E-state index in [-0.39, 0.29) is 17.2 Å². The fourth-order valence-electron chi connectivity index (χ4n) is 4.29. The Balaban J connectivity index is 1.65. The second-order valence-corrected chi connectivity index (χ2v) is 8.65. The van der Waals surface area contributed by atoms with E-state index in [0.717, 1.165) is 44.0 Å². The maximum Gasteiger partial charge on any atom is 0.511 e. The molecule has 0 saturated carbocycles. The van der Waals surface area contributed by atoms with Gasteiger partial charge in [-0.2, -0.15) is 0 Å². The molecule has 0 amide bonds. The maximum absolute atomic E-state index is 10.9. The van der Waals surface area contributed by atoms with Gasteiger partial charge in [0.05, 0.1) is 30.0 Å². The molecule has 6 nitrogen and oxygen atoms in total. The van der Waals surface area contributed by atoms with E-state index in [1.165, 1.54) is 11.3 Å². The number of hydrogen-bond donors (Lipinski definition) is 2. The van der Waals surface area contributed by atoms with Gasteiger partial charge in [-0.25, -0.2) is 4.79 Å². The molecule has 0 bridgehead atoms. The third-order valence-electron chi connectivity index (χ3n) is 5.65. The highest BCUT2D eigenvalue weighted by molar-refractivity contribution is 6.33. The summed E-state index contributed by atoms with van der Waals surface area (Å²) in [6, 6.07) is 12.0. The molecule has 0 radical (unpaired) electrons. The Bertz CT molecular complexity index is 925. The second kappa shape index (κ2) is 7.76. The summed E-state index contributed by atoms with van der Waals surface area (Å²) in [7, 11) is 0. The molecule has 0 spiro atoms. The number of benzene rings is 2. The van der Waals surface area contributed by atoms with Crippen molar-refractivity contribution < 1.29 is 19.4 Å². The lowest BCUT2D eigenvalue weighted by atomic mass is 9.73. The van der Waals surface area contributed by atoms with E-state index >= 15 is 0 Å². The van der Waals surface area contributed by atoms with Crippen LogP contribution in [-0.2, 0) is 11.2 Å². The number of halogens is 1. The number of carbonyl (C=O) groups is 1. The molecule has 4 rings (SSSR count). The van der Waals surface area contributed by atoms with Crippen molar-refractivity contribution in [2.24, 2.45) is 5.41 Å². The summed E-state index contributed by atoms with van der Waals surface area (Å²) >= 11 is 6.47. The minimum absolute atomic E-state index is 0.0692. The first-order chi connectivity index (χ1) is 13.8. The molecule has 7 heteroatoms. The first-order valence-corrected chi connectivity index (χ1v) is 10.1. The Morgan fingerprint density at radius 3 is 2.76 bits per heavy atom. The third kappa shape index (κ3) is 4.14. The molecule has 2 aliphatic heterocycles. The minimum atomic E-state index is -1.35. The molecule has 2 aromatic rings. The summed E-state index contributed by atoms with van der Waals surface area (Å²) in [4.78, 5) is 13.2. The molecule has 154 valence electrons. The third-order valence-corrected chi connectivity index (χ3v) is 5.94. The van der Waals surface area contributed by atoms with Crippen LogP contribution in [0, 0.1) is 5.41 Å². The van der Waals surface area contributed by atoms with Gasteiger partial charge < -0.3 is 24.8 Å². The molecule has 1 atom stereocenters. The summed E-state index contributed by atoms with van der Waals surface area (Å²) in [5, 5.41) is 13.0. The van der Waals surface area contributed by atoms with Gasteiger partial charge >= 0.3 is 6.16 Å². The van der Waals surface area contributed by atoms with Gasteiger partial charge in [0.25, 0.3) is 0 Å². The van der Waals surface area contributed by atoms with Crippen LogP contribution in [-0.4, -0.2) is 37.6 Å². The van der Waals surface area contributed by atoms with Crippen LogP contribution in [0.1, 0.15) is 31.0 Å². The van der Waals surface area contributed by atoms with Crippen molar-refractivity contribution in [1.29, 1.82) is 0 Å². The first kappa shape index (κ1) is 19.9. The summed E-state index contributed by atoms with van der Waals surface area (Å²) in [6.45, 7) is 7.70. The van der Waals surface area contributed by atoms with Crippen LogP contribution in [0.4, 0.5) is 16.2 Å². The van der Waals surface area contributed by atoms with Crippen molar-refractivity contribution >= 4 is 29.1 Å². The number of ether oxygens (including phenoxy) is 2. The number of morpholine rings is 1. The molecule has 2 aromatic carbocycles. The number of rotatable bonds is 3. The molecular formula is C22H25ClN2O4. The monoisotopic (exact) mass is 416 g/mol. The lowest BCUT2D eigenvalue weighted by Gasteiger charge is -2.42. The average molecular weight is 417 g/mol. The Morgan fingerprint density at radius 2 is 2.03 bits per heavy atom. The largest absolute Gasteiger partial charge is 0.511 e. The molecule has 2 N–H and O–H groups in total. The van der Waals surface area contributed by atoms with Crippen LogP contribution in [0.15, 0.2) is 36.4 Å². The van der Waals surface area contributed by atoms with E-state index in [1.54, 1.807) is 12.1 Å². The standard InChI is InChI=1S/C22H25ClN2O4/c1-22(2)13-15-11-17(29-21(26)27)12-18(23)19(15)24-20(22)14-4-3-5-16(10-14)25-6-8-28-9-7-25/h3-5,10-12,20,24H,6-9,13H2,1-2H3,(H,26,27). The predicted octanol–water partition coefficient (Wildman–Crippen LogP) is 4.97. The Kier molecular flexibility index (Phi) is 5.32. The smallest absolute Gasteiger partial charge is 0.449 e. The van der Waals surface area contributed by atoms with E-state index < -0.39 is 6.16 Å². The van der Waals surface area contributed by atoms with Crippen LogP contribution in [0.5, 0.6) is 5.75 Å². The molecule has 1 saturated heterocycles. The zero-order valence-electron chi connectivity index (χ0n) is 16.6. The number of fused-ring (bicyclic) bond motifs is 1. The van der Waals surface area contributed by atoms with Crippen molar-refractivity contribution in [3.8, 4) is 5.75 Å². The van der Waals surface area contributed by atoms with E-state index in [2.05, 4.69) is 48.3 Å². The molecule has 1 fully saturated rings. The van der Waals surface area contributed by atoms with E-state index in [1.807, 2.05) is 0 Å². The van der Waals surface area contributed by atoms with Gasteiger partial charge in [-0.3, -0.25) is 0 Å². The lowest BCUT2D eigenvalue weighted by molar-refractivity contribution is 0.122. The van der Waals surface area contributed by atoms with Crippen LogP contribution in [0.2, 0.25) is 5.02 Å². The lowest BCUT2D eigenvalue weighted by Crippen LogP contribution is -2.37. The molecular weight excluding hydrogens is 392 g/mol. The minimum Gasteiger partial charge on any atom is -0.449 e. The van der Waals surface area contributed by atoms with E-state index in [9.17, 15) is 4.79 Å². The van der Waals surface area contributed by atoms with Crippen molar-refractivity contribution in [3.05, 3.63) is 52.5 Å². The Hall–Kier alpha value is -2.44. The summed E-state index contributed by atoms with van der Waals surface area (Å²) in [5.74, 6) is 0.242. The van der Waals surface area contributed by atoms with Crippen LogP contribution >= 0.6 is 11.6 Å². The average Bonchev–Trinajstić information content (AvgIpc) is 2.67. The maximum atomic E-state index is 10.9. The zero-order chi connectivity index (χ0) is 20.6. The highest BCUT2D eigenvalue weighted by Gasteiger charge is 2.37. The molecule has 29 heavy (non-hydrogen) atoms. The Morgan fingerprint density at radius 1 is 1.28 bits per heavy atom. The fraction of sp³-hybridized carbons (Fsp3) is 0.409. The van der Waals surface area contributed by atoms with Crippen LogP contribution < -0.4 is 15.0 Å². The highest BCUT2D eigenvalue weighted by atomic mass is 35.5. The first-order valence-electron chi connectivity index (χ1n) is 9.76. The molecule has 1 unspecified atom stereocenters. The van der Waals surface area contributed by atoms with Gasteiger partial charge in [-0.1, -0.05) is 37.6 Å². The van der Waals surface area contributed by atoms with Gasteiger partial charge in [-0.05, 0) is 41.2 Å². The normalized spacial score (nSPS) is 20.5. The summed E-state index contributed by atoms with van der Waals surface area (Å²) in [5.41, 5.74) is 4.09. The highest BCUT2D eigenvalue weighted by Crippen LogP contribution is 2.48. The van der Waals surface area contributed by atoms with E-state index in [0.29, 0.717) is 5.02 Å². The van der Waals surface area contributed by atoms with Gasteiger partial charge in [0, 0.05) is 24.8 Å². The number of nitrogens with zero attached hydrogens (tertiary/aromatic N) is 1. The number of anilines is 2. The van der Waals surface area contributed by atoms with Crippen molar-refractivity contribution in [2.45, 2.75) is 26.3 Å². The molecule has 0 aromatic heterocycles. The second-order valence-electron chi connectivity index (χ2n) is 8.24. The van der Waals surface area contributed by atoms with Gasteiger partial charge in [0.15, 0.2) is 0 Å². The van der Waals surface area contributed by atoms with E-state index in [4.69, 9.17) is 26.2 Å². The zero-order valence-corrected chi connectivity index (χ0v) is 17.3. The fourth-order valence-corrected chi connectivity index (χ4v) is 4.57. The topological polar surface area (TPSA) is 71.0 Å². The Labute approximate surface area is 175 Å². The van der Waals surface area contributed by atoms with Crippen LogP contribution in [0.3, 0.4) is 0 Å². The van der Waals surface area contributed by atoms with Crippen molar-refractivity contribution in [1.82, 2.24) is 0 Å². The van der Waals surface area contributed by atoms with Gasteiger partial charge in [0.1, 0.15) is 5.75 Å². The number of hydrogen-bond acceptors (Lipinski definition) is 5. The molecule has 2 heterocycles. The van der Waals surface area contributed by atoms with Crippen LogP contribution in [0.25, 0.3) is 0 Å². The SMILES string of the molecule is CC1(C)Cc2cc(OC(=O)O)cc(Cl)c2NC1c1cccc(N2CCOCC2)c1.